The number of halogens is 6. The van der Waals surface area contributed by atoms with Crippen molar-refractivity contribution in [3.63, 3.8) is 0 Å². The summed E-state index contributed by atoms with van der Waals surface area (Å²) in [7, 11) is -4.21. The second-order valence-corrected chi connectivity index (χ2v) is 9.87. The Hall–Kier alpha value is -2.08. The molecule has 0 amide bonds. The normalized spacial score (nSPS) is 23.5. The quantitative estimate of drug-likeness (QED) is 0.682. The maximum absolute atomic E-state index is 13.2. The number of ether oxygens (including phenoxy) is 1. The molecule has 5 nitrogen and oxygen atoms in total. The van der Waals surface area contributed by atoms with Gasteiger partial charge >= 0.3 is 12.4 Å². The van der Waals surface area contributed by atoms with Gasteiger partial charge in [0.1, 0.15) is 6.10 Å². The van der Waals surface area contributed by atoms with Gasteiger partial charge in [-0.2, -0.15) is 31.4 Å². The Balaban J connectivity index is 1.87. The average molecular weight is 456 g/mol. The highest BCUT2D eigenvalue weighted by Gasteiger charge is 2.46. The smallest absolute Gasteiger partial charge is 0.372 e. The fourth-order valence-electron chi connectivity index (χ4n) is 3.38. The van der Waals surface area contributed by atoms with Crippen molar-refractivity contribution in [2.75, 3.05) is 6.61 Å². The number of rotatable bonds is 4. The lowest BCUT2D eigenvalue weighted by Crippen LogP contribution is -2.42. The van der Waals surface area contributed by atoms with Crippen LogP contribution in [0.2, 0.25) is 0 Å². The van der Waals surface area contributed by atoms with Crippen molar-refractivity contribution in [2.24, 2.45) is 0 Å². The van der Waals surface area contributed by atoms with E-state index in [0.717, 1.165) is 24.3 Å². The molecule has 1 fully saturated rings. The monoisotopic (exact) mass is 456 g/mol. The van der Waals surface area contributed by atoms with Gasteiger partial charge in [0, 0.05) is 12.3 Å². The number of H-pyrrole nitrogens is 1. The lowest BCUT2D eigenvalue weighted by atomic mass is 9.95. The second-order valence-electron chi connectivity index (χ2n) is 7.40. The van der Waals surface area contributed by atoms with Crippen LogP contribution in [0.5, 0.6) is 0 Å². The molecule has 2 aromatic rings. The molecule has 0 radical (unpaired) electrons. The molecule has 30 heavy (non-hydrogen) atoms. The van der Waals surface area contributed by atoms with Gasteiger partial charge in [-0.3, -0.25) is 5.10 Å². The van der Waals surface area contributed by atoms with E-state index in [9.17, 15) is 34.8 Å². The lowest BCUT2D eigenvalue weighted by molar-refractivity contribution is -0.137. The molecule has 3 rings (SSSR count). The zero-order chi connectivity index (χ0) is 22.4. The summed E-state index contributed by atoms with van der Waals surface area (Å²) >= 11 is 0. The SMILES string of the molecule is CC1(S(=O)(=O)c2cccc(C(F)(F)F)c2)CCOC(c2cc(CC(F)(F)F)[nH]n2)C1. The highest BCUT2D eigenvalue weighted by molar-refractivity contribution is 7.92. The second kappa shape index (κ2) is 7.56. The number of nitrogens with one attached hydrogen (secondary N) is 1. The Morgan fingerprint density at radius 1 is 1.20 bits per heavy atom. The predicted molar refractivity (Wildman–Crippen MR) is 93.3 cm³/mol. The van der Waals surface area contributed by atoms with E-state index in [2.05, 4.69) is 10.2 Å². The van der Waals surface area contributed by atoms with Crippen LogP contribution in [0.3, 0.4) is 0 Å². The van der Waals surface area contributed by atoms with Crippen molar-refractivity contribution in [2.45, 2.75) is 54.3 Å². The third kappa shape index (κ3) is 4.64. The van der Waals surface area contributed by atoms with Crippen LogP contribution >= 0.6 is 0 Å². The van der Waals surface area contributed by atoms with E-state index in [4.69, 9.17) is 4.74 Å². The van der Waals surface area contributed by atoms with Crippen LogP contribution in [0.1, 0.15) is 42.8 Å². The Kier molecular flexibility index (Phi) is 5.69. The largest absolute Gasteiger partial charge is 0.416 e. The van der Waals surface area contributed by atoms with E-state index >= 15 is 0 Å². The van der Waals surface area contributed by atoms with E-state index in [0.29, 0.717) is 6.07 Å². The number of benzene rings is 1. The van der Waals surface area contributed by atoms with Crippen LogP contribution in [0.4, 0.5) is 26.3 Å². The summed E-state index contributed by atoms with van der Waals surface area (Å²) < 4.78 is 107. The van der Waals surface area contributed by atoms with Gasteiger partial charge in [0.25, 0.3) is 0 Å². The molecule has 0 bridgehead atoms. The molecule has 1 N–H and O–H groups in total. The van der Waals surface area contributed by atoms with Gasteiger partial charge in [0.05, 0.1) is 27.3 Å². The predicted octanol–water partition coefficient (Wildman–Crippen LogP) is 4.62. The van der Waals surface area contributed by atoms with Gasteiger partial charge in [-0.25, -0.2) is 8.42 Å². The Bertz CT molecular complexity index is 1020. The van der Waals surface area contributed by atoms with Crippen molar-refractivity contribution in [3.8, 4) is 0 Å². The van der Waals surface area contributed by atoms with E-state index in [1.165, 1.54) is 6.92 Å². The number of hydrogen-bond acceptors (Lipinski definition) is 4. The molecule has 1 aliphatic heterocycles. The number of nitrogens with zero attached hydrogens (tertiary/aromatic N) is 1. The molecule has 1 saturated heterocycles. The lowest BCUT2D eigenvalue weighted by Gasteiger charge is -2.37. The number of aromatic nitrogens is 2. The Labute approximate surface area is 168 Å². The zero-order valence-electron chi connectivity index (χ0n) is 15.6. The highest BCUT2D eigenvalue weighted by atomic mass is 32.2. The summed E-state index contributed by atoms with van der Waals surface area (Å²) in [5.74, 6) is 0. The summed E-state index contributed by atoms with van der Waals surface area (Å²) in [5, 5.41) is 6.05. The van der Waals surface area contributed by atoms with Crippen LogP contribution in [-0.2, 0) is 27.2 Å². The molecule has 1 aromatic carbocycles. The van der Waals surface area contributed by atoms with E-state index in [1.54, 1.807) is 0 Å². The summed E-state index contributed by atoms with van der Waals surface area (Å²) in [6.45, 7) is 1.35. The highest BCUT2D eigenvalue weighted by Crippen LogP contribution is 2.42. The van der Waals surface area contributed by atoms with Crippen molar-refractivity contribution < 1.29 is 39.5 Å². The van der Waals surface area contributed by atoms with Crippen LogP contribution in [0, 0.1) is 0 Å². The molecule has 2 heterocycles. The third-order valence-corrected chi connectivity index (χ3v) is 7.60. The zero-order valence-corrected chi connectivity index (χ0v) is 16.5. The van der Waals surface area contributed by atoms with Crippen LogP contribution in [0.25, 0.3) is 0 Å². The molecule has 1 aromatic heterocycles. The fraction of sp³-hybridized carbons (Fsp3) is 0.500. The summed E-state index contributed by atoms with van der Waals surface area (Å²) in [6, 6.07) is 4.63. The van der Waals surface area contributed by atoms with Crippen molar-refractivity contribution in [3.05, 3.63) is 47.3 Å². The molecule has 2 unspecified atom stereocenters. The first-order valence-electron chi connectivity index (χ1n) is 8.86. The molecule has 12 heteroatoms. The first kappa shape index (κ1) is 22.6. The summed E-state index contributed by atoms with van der Waals surface area (Å²) in [6.07, 6.45) is -11.4. The maximum atomic E-state index is 13.2. The minimum absolute atomic E-state index is 0.0158. The minimum atomic E-state index is -4.70. The van der Waals surface area contributed by atoms with Crippen molar-refractivity contribution >= 4 is 9.84 Å². The summed E-state index contributed by atoms with van der Waals surface area (Å²) in [4.78, 5) is -0.472. The van der Waals surface area contributed by atoms with Gasteiger partial charge in [0.15, 0.2) is 9.84 Å². The average Bonchev–Trinajstić information content (AvgIpc) is 3.07. The molecule has 0 aliphatic carbocycles. The molecule has 1 aliphatic rings. The maximum Gasteiger partial charge on any atom is 0.416 e. The van der Waals surface area contributed by atoms with Gasteiger partial charge in [-0.1, -0.05) is 6.07 Å². The van der Waals surface area contributed by atoms with E-state index in [1.807, 2.05) is 0 Å². The topological polar surface area (TPSA) is 72.1 Å². The Morgan fingerprint density at radius 3 is 2.53 bits per heavy atom. The van der Waals surface area contributed by atoms with Crippen molar-refractivity contribution in [1.82, 2.24) is 10.2 Å². The van der Waals surface area contributed by atoms with Gasteiger partial charge in [-0.15, -0.1) is 0 Å². The molecule has 0 spiro atoms. The van der Waals surface area contributed by atoms with E-state index in [-0.39, 0.29) is 30.8 Å². The number of sulfone groups is 1. The van der Waals surface area contributed by atoms with Crippen LogP contribution in [-0.4, -0.2) is 36.1 Å². The molecule has 2 atom stereocenters. The first-order valence-corrected chi connectivity index (χ1v) is 10.3. The first-order chi connectivity index (χ1) is 13.7. The van der Waals surface area contributed by atoms with Gasteiger partial charge in [-0.05, 0) is 44.0 Å². The Morgan fingerprint density at radius 2 is 1.90 bits per heavy atom. The number of alkyl halides is 6. The molecule has 0 saturated carbocycles. The third-order valence-electron chi connectivity index (χ3n) is 5.06. The fourth-order valence-corrected chi connectivity index (χ4v) is 5.21. The van der Waals surface area contributed by atoms with Crippen molar-refractivity contribution in [1.29, 1.82) is 0 Å². The number of aromatic amines is 1. The minimum Gasteiger partial charge on any atom is -0.372 e. The number of hydrogen-bond donors (Lipinski definition) is 1. The summed E-state index contributed by atoms with van der Waals surface area (Å²) in [5.41, 5.74) is -1.17. The van der Waals surface area contributed by atoms with Gasteiger partial charge in [0.2, 0.25) is 0 Å². The van der Waals surface area contributed by atoms with Crippen LogP contribution in [0.15, 0.2) is 35.2 Å². The van der Waals surface area contributed by atoms with E-state index < -0.39 is 49.9 Å². The standard InChI is InChI=1S/C18H18F6N2O3S/c1-16(30(27,28)13-4-2-3-11(7-13)18(22,23)24)5-6-29-15(10-16)14-8-12(25-26-14)9-17(19,20)21/h2-4,7-8,15H,5-6,9-10H2,1H3,(H,25,26). The molecular weight excluding hydrogens is 438 g/mol. The molecular formula is C18H18F6N2O3S. The van der Waals surface area contributed by atoms with Crippen LogP contribution < -0.4 is 0 Å². The van der Waals surface area contributed by atoms with Gasteiger partial charge < -0.3 is 4.74 Å². The molecule has 166 valence electrons.